The average molecular weight is 552 g/mol. The van der Waals surface area contributed by atoms with Crippen LogP contribution < -0.4 is 10.6 Å². The summed E-state index contributed by atoms with van der Waals surface area (Å²) in [5, 5.41) is 34.8. The Morgan fingerprint density at radius 2 is 1.88 bits per heavy atom. The van der Waals surface area contributed by atoms with E-state index in [-0.39, 0.29) is 28.9 Å². The quantitative estimate of drug-likeness (QED) is 0.190. The van der Waals surface area contributed by atoms with Crippen LogP contribution in [0.3, 0.4) is 0 Å². The molecular weight excluding hydrogens is 513 g/mol. The summed E-state index contributed by atoms with van der Waals surface area (Å²) < 4.78 is 16.9. The third-order valence-electron chi connectivity index (χ3n) is 8.69. The van der Waals surface area contributed by atoms with Crippen LogP contribution >= 0.6 is 0 Å². The van der Waals surface area contributed by atoms with Gasteiger partial charge in [-0.3, -0.25) is 10.7 Å². The molecule has 10 nitrogen and oxygen atoms in total. The molecule has 11 heteroatoms. The smallest absolute Gasteiger partial charge is 0.410 e. The predicted molar refractivity (Wildman–Crippen MR) is 150 cm³/mol. The van der Waals surface area contributed by atoms with Gasteiger partial charge in [0, 0.05) is 18.2 Å². The topological polar surface area (TPSA) is 149 Å². The number of rotatable bonds is 8. The molecule has 2 fully saturated rings. The van der Waals surface area contributed by atoms with E-state index in [1.165, 1.54) is 19.4 Å². The molecule has 0 bridgehead atoms. The fraction of sp³-hybridized carbons (Fsp3) is 0.552. The Labute approximate surface area is 233 Å². The highest BCUT2D eigenvalue weighted by Gasteiger charge is 2.37. The monoisotopic (exact) mass is 551 g/mol. The Kier molecular flexibility index (Phi) is 7.76. The van der Waals surface area contributed by atoms with Crippen LogP contribution in [0.25, 0.3) is 11.2 Å². The SMILES string of the molecule is CC1CCC(Cn2c(C(C)(O)c3ccccc3F)nc3nc(C(=N)NC(=O)O)nc(N[C@H](C)C4CCC4)c32)CC1. The van der Waals surface area contributed by atoms with Gasteiger partial charge < -0.3 is 20.1 Å². The molecule has 1 aromatic carbocycles. The highest BCUT2D eigenvalue weighted by Crippen LogP contribution is 2.38. The number of nitrogens with one attached hydrogen (secondary N) is 3. The number of anilines is 1. The molecule has 0 saturated heterocycles. The molecule has 2 atom stereocenters. The van der Waals surface area contributed by atoms with E-state index in [1.54, 1.807) is 18.2 Å². The molecule has 2 heterocycles. The summed E-state index contributed by atoms with van der Waals surface area (Å²) in [6, 6.07) is 6.17. The van der Waals surface area contributed by atoms with E-state index >= 15 is 4.39 Å². The number of carbonyl (C=O) groups is 1. The molecule has 5 rings (SSSR count). The highest BCUT2D eigenvalue weighted by atomic mass is 19.1. The van der Waals surface area contributed by atoms with Crippen molar-refractivity contribution in [2.45, 2.75) is 83.9 Å². The molecule has 2 aliphatic rings. The number of carboxylic acid groups (broad SMARTS) is 1. The van der Waals surface area contributed by atoms with Crippen molar-refractivity contribution in [2.75, 3.05) is 5.32 Å². The largest absolute Gasteiger partial charge is 0.465 e. The first kappa shape index (κ1) is 27.9. The fourth-order valence-corrected chi connectivity index (χ4v) is 5.98. The highest BCUT2D eigenvalue weighted by molar-refractivity contribution is 6.03. The number of imidazole rings is 1. The molecule has 0 aliphatic heterocycles. The van der Waals surface area contributed by atoms with Crippen LogP contribution in [0.1, 0.15) is 82.9 Å². The second kappa shape index (κ2) is 11.1. The second-order valence-electron chi connectivity index (χ2n) is 11.7. The maximum atomic E-state index is 15.0. The van der Waals surface area contributed by atoms with Crippen LogP contribution in [0.2, 0.25) is 0 Å². The molecule has 1 amide bonds. The summed E-state index contributed by atoms with van der Waals surface area (Å²) in [5.74, 6) is 0.941. The number of nitrogens with zero attached hydrogens (tertiary/aromatic N) is 4. The van der Waals surface area contributed by atoms with E-state index in [9.17, 15) is 15.0 Å². The normalized spacial score (nSPS) is 21.8. The summed E-state index contributed by atoms with van der Waals surface area (Å²) in [6.45, 7) is 6.41. The first-order chi connectivity index (χ1) is 19.0. The van der Waals surface area contributed by atoms with E-state index in [2.05, 4.69) is 29.1 Å². The van der Waals surface area contributed by atoms with E-state index in [1.807, 2.05) is 9.88 Å². The predicted octanol–water partition coefficient (Wildman–Crippen LogP) is 5.24. The summed E-state index contributed by atoms with van der Waals surface area (Å²) in [7, 11) is 0. The van der Waals surface area contributed by atoms with Crippen LogP contribution in [0.4, 0.5) is 15.0 Å². The van der Waals surface area contributed by atoms with E-state index < -0.39 is 23.3 Å². The molecule has 2 saturated carbocycles. The first-order valence-corrected chi connectivity index (χ1v) is 14.2. The van der Waals surface area contributed by atoms with Crippen LogP contribution in [0.15, 0.2) is 24.3 Å². The van der Waals surface area contributed by atoms with Crippen molar-refractivity contribution in [1.82, 2.24) is 24.8 Å². The van der Waals surface area contributed by atoms with Gasteiger partial charge >= 0.3 is 6.09 Å². The Balaban J connectivity index is 1.69. The maximum Gasteiger partial charge on any atom is 0.410 e. The lowest BCUT2D eigenvalue weighted by atomic mass is 9.80. The molecule has 0 radical (unpaired) electrons. The first-order valence-electron chi connectivity index (χ1n) is 14.2. The lowest BCUT2D eigenvalue weighted by molar-refractivity contribution is 0.0826. The van der Waals surface area contributed by atoms with Gasteiger partial charge in [0.15, 0.2) is 23.1 Å². The van der Waals surface area contributed by atoms with E-state index in [0.29, 0.717) is 35.6 Å². The number of fused-ring (bicyclic) bond motifs is 1. The Morgan fingerprint density at radius 1 is 1.18 bits per heavy atom. The summed E-state index contributed by atoms with van der Waals surface area (Å²) in [4.78, 5) is 25.0. The molecule has 2 aromatic heterocycles. The Hall–Kier alpha value is -3.60. The number of halogens is 1. The van der Waals surface area contributed by atoms with Gasteiger partial charge in [0.05, 0.1) is 0 Å². The molecule has 1 unspecified atom stereocenters. The Morgan fingerprint density at radius 3 is 2.50 bits per heavy atom. The Bertz CT molecular complexity index is 1410. The lowest BCUT2D eigenvalue weighted by Gasteiger charge is -2.33. The van der Waals surface area contributed by atoms with Crippen molar-refractivity contribution in [2.24, 2.45) is 17.8 Å². The number of hydrogen-bond acceptors (Lipinski definition) is 7. The number of aliphatic hydroxyl groups is 1. The minimum atomic E-state index is -1.79. The second-order valence-corrected chi connectivity index (χ2v) is 11.7. The van der Waals surface area contributed by atoms with Gasteiger partial charge in [0.2, 0.25) is 0 Å². The lowest BCUT2D eigenvalue weighted by Crippen LogP contribution is -2.33. The molecule has 0 spiro atoms. The summed E-state index contributed by atoms with van der Waals surface area (Å²) in [5.41, 5.74) is -0.934. The molecule has 2 aliphatic carbocycles. The summed E-state index contributed by atoms with van der Waals surface area (Å²) in [6.07, 6.45) is 6.23. The van der Waals surface area contributed by atoms with Gasteiger partial charge in [-0.25, -0.2) is 24.1 Å². The minimum absolute atomic E-state index is 0.0655. The van der Waals surface area contributed by atoms with Crippen molar-refractivity contribution < 1.29 is 19.4 Å². The van der Waals surface area contributed by atoms with Gasteiger partial charge in [-0.05, 0) is 63.4 Å². The maximum absolute atomic E-state index is 15.0. The van der Waals surface area contributed by atoms with Crippen molar-refractivity contribution in [3.05, 3.63) is 47.3 Å². The molecule has 5 N–H and O–H groups in total. The van der Waals surface area contributed by atoms with Crippen molar-refractivity contribution in [3.63, 3.8) is 0 Å². The van der Waals surface area contributed by atoms with E-state index in [0.717, 1.165) is 38.5 Å². The summed E-state index contributed by atoms with van der Waals surface area (Å²) >= 11 is 0. The molecular formula is C29H38FN7O3. The van der Waals surface area contributed by atoms with Crippen molar-refractivity contribution in [1.29, 1.82) is 5.41 Å². The molecule has 214 valence electrons. The zero-order valence-corrected chi connectivity index (χ0v) is 23.2. The van der Waals surface area contributed by atoms with Gasteiger partial charge in [0.1, 0.15) is 22.8 Å². The van der Waals surface area contributed by atoms with Crippen molar-refractivity contribution in [3.8, 4) is 0 Å². The number of amidine groups is 1. The van der Waals surface area contributed by atoms with Gasteiger partial charge in [-0.2, -0.15) is 0 Å². The van der Waals surface area contributed by atoms with Gasteiger partial charge in [0.25, 0.3) is 0 Å². The fourth-order valence-electron chi connectivity index (χ4n) is 5.98. The molecule has 40 heavy (non-hydrogen) atoms. The number of aromatic nitrogens is 4. The third kappa shape index (κ3) is 5.52. The van der Waals surface area contributed by atoms with Gasteiger partial charge in [-0.15, -0.1) is 0 Å². The minimum Gasteiger partial charge on any atom is -0.465 e. The van der Waals surface area contributed by atoms with Crippen LogP contribution in [-0.2, 0) is 12.1 Å². The zero-order valence-electron chi connectivity index (χ0n) is 23.2. The average Bonchev–Trinajstić information content (AvgIpc) is 3.23. The zero-order chi connectivity index (χ0) is 28.6. The van der Waals surface area contributed by atoms with E-state index in [4.69, 9.17) is 10.4 Å². The van der Waals surface area contributed by atoms with Crippen LogP contribution in [-0.4, -0.2) is 47.7 Å². The molecule has 3 aromatic rings. The number of amides is 1. The van der Waals surface area contributed by atoms with Gasteiger partial charge in [-0.1, -0.05) is 44.4 Å². The van der Waals surface area contributed by atoms with Crippen LogP contribution in [0.5, 0.6) is 0 Å². The third-order valence-corrected chi connectivity index (χ3v) is 8.69. The van der Waals surface area contributed by atoms with Crippen molar-refractivity contribution >= 4 is 28.9 Å². The number of hydrogen-bond donors (Lipinski definition) is 5. The van der Waals surface area contributed by atoms with Crippen LogP contribution in [0, 0.1) is 29.0 Å². The number of benzene rings is 1. The standard InChI is InChI=1S/C29H38FN7O3/c1-16-11-13-18(14-12-16)15-37-22-24(32-17(2)19-7-6-8-19)34-26(23(31)33-28(38)39)35-25(22)36-27(37)29(3,40)20-9-4-5-10-21(20)30/h4-5,9-10,16-19,40H,6-8,11-15H2,1-3H3,(H2,31,33)(H,38,39)(H,32,34,35)/t16?,17-,18?,29?/m1/s1.